The Balaban J connectivity index is 2.36. The van der Waals surface area contributed by atoms with Gasteiger partial charge in [0.15, 0.2) is 0 Å². The lowest BCUT2D eigenvalue weighted by Gasteiger charge is -2.11. The van der Waals surface area contributed by atoms with E-state index < -0.39 is 0 Å². The quantitative estimate of drug-likeness (QED) is 0.812. The first-order chi connectivity index (χ1) is 9.95. The van der Waals surface area contributed by atoms with Gasteiger partial charge in [0.05, 0.1) is 25.3 Å². The Morgan fingerprint density at radius 2 is 2.05 bits per heavy atom. The Bertz CT molecular complexity index is 664. The summed E-state index contributed by atoms with van der Waals surface area (Å²) in [6.07, 6.45) is 0. The fourth-order valence-electron chi connectivity index (χ4n) is 2.57. The summed E-state index contributed by atoms with van der Waals surface area (Å²) < 4.78 is 6.71. The lowest BCUT2D eigenvalue weighted by Crippen LogP contribution is -2.13. The van der Waals surface area contributed by atoms with Crippen LogP contribution in [0.2, 0.25) is 5.02 Å². The van der Waals surface area contributed by atoms with Crippen molar-refractivity contribution in [1.82, 2.24) is 9.78 Å². The number of hydrogen-bond acceptors (Lipinski definition) is 3. The van der Waals surface area contributed by atoms with Crippen LogP contribution in [-0.4, -0.2) is 22.9 Å². The van der Waals surface area contributed by atoms with E-state index in [-0.39, 0.29) is 11.9 Å². The number of esters is 1. The molecule has 0 radical (unpaired) electrons. The zero-order valence-corrected chi connectivity index (χ0v) is 13.4. The van der Waals surface area contributed by atoms with Crippen LogP contribution in [0.1, 0.15) is 35.4 Å². The molecule has 0 saturated carbocycles. The minimum atomic E-state index is -0.324. The molecule has 0 fully saturated rings. The van der Waals surface area contributed by atoms with Crippen molar-refractivity contribution >= 4 is 17.6 Å². The molecule has 0 bridgehead atoms. The van der Waals surface area contributed by atoms with Crippen molar-refractivity contribution in [1.29, 1.82) is 0 Å². The highest BCUT2D eigenvalue weighted by atomic mass is 35.5. The van der Waals surface area contributed by atoms with Crippen LogP contribution in [0.25, 0.3) is 0 Å². The predicted molar refractivity (Wildman–Crippen MR) is 82.7 cm³/mol. The number of methoxy groups -OCH3 is 1. The Kier molecular flexibility index (Phi) is 4.68. The van der Waals surface area contributed by atoms with E-state index in [2.05, 4.69) is 5.10 Å². The van der Waals surface area contributed by atoms with Gasteiger partial charge >= 0.3 is 5.97 Å². The lowest BCUT2D eigenvalue weighted by atomic mass is 9.99. The monoisotopic (exact) mass is 306 g/mol. The van der Waals surface area contributed by atoms with Gasteiger partial charge in [-0.05, 0) is 32.4 Å². The van der Waals surface area contributed by atoms with Crippen molar-refractivity contribution in [3.63, 3.8) is 0 Å². The molecular weight excluding hydrogens is 288 g/mol. The summed E-state index contributed by atoms with van der Waals surface area (Å²) in [4.78, 5) is 11.8. The summed E-state index contributed by atoms with van der Waals surface area (Å²) in [5.41, 5.74) is 3.73. The molecule has 0 aliphatic heterocycles. The number of rotatable bonds is 4. The molecule has 0 spiro atoms. The van der Waals surface area contributed by atoms with Gasteiger partial charge in [0, 0.05) is 16.3 Å². The zero-order valence-electron chi connectivity index (χ0n) is 12.7. The standard InChI is InChI=1S/C16H19ClN2O2/c1-10(16(20)21-4)15-11(2)18-19(12(15)3)9-13-7-5-6-8-14(13)17/h5-8,10H,9H2,1-4H3. The van der Waals surface area contributed by atoms with Gasteiger partial charge in [0.2, 0.25) is 0 Å². The van der Waals surface area contributed by atoms with Crippen LogP contribution in [0.5, 0.6) is 0 Å². The molecule has 1 heterocycles. The van der Waals surface area contributed by atoms with Crippen LogP contribution in [0, 0.1) is 13.8 Å². The molecule has 1 aromatic carbocycles. The highest BCUT2D eigenvalue weighted by molar-refractivity contribution is 6.31. The molecule has 2 aromatic rings. The first-order valence-electron chi connectivity index (χ1n) is 6.80. The number of carbonyl (C=O) groups excluding carboxylic acids is 1. The van der Waals surface area contributed by atoms with Crippen molar-refractivity contribution < 1.29 is 9.53 Å². The number of ether oxygens (including phenoxy) is 1. The summed E-state index contributed by atoms with van der Waals surface area (Å²) in [5.74, 6) is -0.575. The van der Waals surface area contributed by atoms with E-state index in [4.69, 9.17) is 16.3 Å². The third-order valence-electron chi connectivity index (χ3n) is 3.70. The minimum absolute atomic E-state index is 0.251. The fraction of sp³-hybridized carbons (Fsp3) is 0.375. The molecule has 112 valence electrons. The molecule has 2 rings (SSSR count). The normalized spacial score (nSPS) is 12.2. The van der Waals surface area contributed by atoms with E-state index in [1.165, 1.54) is 7.11 Å². The van der Waals surface area contributed by atoms with Crippen molar-refractivity contribution in [2.75, 3.05) is 7.11 Å². The number of benzene rings is 1. The molecule has 0 saturated heterocycles. The smallest absolute Gasteiger partial charge is 0.312 e. The van der Waals surface area contributed by atoms with Gasteiger partial charge in [-0.15, -0.1) is 0 Å². The first-order valence-corrected chi connectivity index (χ1v) is 7.18. The van der Waals surface area contributed by atoms with Crippen LogP contribution >= 0.6 is 11.6 Å². The van der Waals surface area contributed by atoms with Gasteiger partial charge in [-0.2, -0.15) is 5.10 Å². The number of nitrogens with zero attached hydrogens (tertiary/aromatic N) is 2. The number of hydrogen-bond donors (Lipinski definition) is 0. The van der Waals surface area contributed by atoms with Crippen molar-refractivity contribution in [3.05, 3.63) is 51.8 Å². The first kappa shape index (κ1) is 15.6. The molecule has 1 aromatic heterocycles. The van der Waals surface area contributed by atoms with E-state index >= 15 is 0 Å². The average Bonchev–Trinajstić information content (AvgIpc) is 2.74. The number of halogens is 1. The van der Waals surface area contributed by atoms with Crippen LogP contribution in [0.4, 0.5) is 0 Å². The Labute approximate surface area is 129 Å². The Morgan fingerprint density at radius 1 is 1.38 bits per heavy atom. The summed E-state index contributed by atoms with van der Waals surface area (Å²) in [7, 11) is 1.40. The number of aryl methyl sites for hydroxylation is 1. The van der Waals surface area contributed by atoms with E-state index in [1.807, 2.05) is 49.7 Å². The van der Waals surface area contributed by atoms with E-state index in [0.29, 0.717) is 11.6 Å². The summed E-state index contributed by atoms with van der Waals surface area (Å²) >= 11 is 6.19. The molecule has 0 aliphatic rings. The van der Waals surface area contributed by atoms with E-state index in [1.54, 1.807) is 0 Å². The maximum absolute atomic E-state index is 11.8. The minimum Gasteiger partial charge on any atom is -0.469 e. The predicted octanol–water partition coefficient (Wildman–Crippen LogP) is 3.48. The van der Waals surface area contributed by atoms with Crippen molar-refractivity contribution in [2.24, 2.45) is 0 Å². The van der Waals surface area contributed by atoms with Crippen LogP contribution in [-0.2, 0) is 16.1 Å². The molecule has 4 nitrogen and oxygen atoms in total. The Hall–Kier alpha value is -1.81. The largest absolute Gasteiger partial charge is 0.469 e. The molecule has 0 aliphatic carbocycles. The van der Waals surface area contributed by atoms with Crippen LogP contribution in [0.15, 0.2) is 24.3 Å². The molecule has 21 heavy (non-hydrogen) atoms. The Morgan fingerprint density at radius 3 is 2.67 bits per heavy atom. The highest BCUT2D eigenvalue weighted by Crippen LogP contribution is 2.25. The second-order valence-electron chi connectivity index (χ2n) is 5.08. The summed E-state index contributed by atoms with van der Waals surface area (Å²) in [6, 6.07) is 7.69. The number of aromatic nitrogens is 2. The zero-order chi connectivity index (χ0) is 15.6. The summed E-state index contributed by atoms with van der Waals surface area (Å²) in [6.45, 7) is 6.29. The van der Waals surface area contributed by atoms with Crippen LogP contribution < -0.4 is 0 Å². The molecular formula is C16H19ClN2O2. The SMILES string of the molecule is COC(=O)C(C)c1c(C)nn(Cc2ccccc2Cl)c1C. The summed E-state index contributed by atoms with van der Waals surface area (Å²) in [5, 5.41) is 5.25. The average molecular weight is 307 g/mol. The molecule has 1 unspecified atom stereocenters. The number of carbonyl (C=O) groups is 1. The third-order valence-corrected chi connectivity index (χ3v) is 4.07. The van der Waals surface area contributed by atoms with Crippen molar-refractivity contribution in [3.8, 4) is 0 Å². The molecule has 0 amide bonds. The topological polar surface area (TPSA) is 44.1 Å². The molecule has 0 N–H and O–H groups in total. The fourth-order valence-corrected chi connectivity index (χ4v) is 2.77. The van der Waals surface area contributed by atoms with E-state index in [0.717, 1.165) is 22.5 Å². The lowest BCUT2D eigenvalue weighted by molar-refractivity contribution is -0.142. The maximum Gasteiger partial charge on any atom is 0.312 e. The molecule has 5 heteroatoms. The second-order valence-corrected chi connectivity index (χ2v) is 5.49. The second kappa shape index (κ2) is 6.31. The van der Waals surface area contributed by atoms with Crippen LogP contribution in [0.3, 0.4) is 0 Å². The van der Waals surface area contributed by atoms with Crippen molar-refractivity contribution in [2.45, 2.75) is 33.2 Å². The van der Waals surface area contributed by atoms with Gasteiger partial charge in [-0.25, -0.2) is 0 Å². The third kappa shape index (κ3) is 3.10. The van der Waals surface area contributed by atoms with E-state index in [9.17, 15) is 4.79 Å². The maximum atomic E-state index is 11.8. The molecule has 1 atom stereocenters. The van der Waals surface area contributed by atoms with Gasteiger partial charge in [0.1, 0.15) is 0 Å². The van der Waals surface area contributed by atoms with Gasteiger partial charge in [-0.1, -0.05) is 29.8 Å². The van der Waals surface area contributed by atoms with Gasteiger partial charge in [0.25, 0.3) is 0 Å². The van der Waals surface area contributed by atoms with Gasteiger partial charge in [-0.3, -0.25) is 9.48 Å². The van der Waals surface area contributed by atoms with Gasteiger partial charge < -0.3 is 4.74 Å². The highest BCUT2D eigenvalue weighted by Gasteiger charge is 2.24.